The topological polar surface area (TPSA) is 67.2 Å². The van der Waals surface area contributed by atoms with Gasteiger partial charge in [0.15, 0.2) is 11.5 Å². The van der Waals surface area contributed by atoms with Gasteiger partial charge in [-0.2, -0.15) is 5.26 Å². The van der Waals surface area contributed by atoms with E-state index in [0.29, 0.717) is 27.8 Å². The molecule has 3 rings (SSSR count). The molecule has 0 atom stereocenters. The number of benzene rings is 2. The molecule has 0 aliphatic heterocycles. The van der Waals surface area contributed by atoms with Crippen molar-refractivity contribution in [2.75, 3.05) is 19.5 Å². The molecule has 0 bridgehead atoms. The van der Waals surface area contributed by atoms with Crippen LogP contribution in [-0.2, 0) is 0 Å². The van der Waals surface area contributed by atoms with Crippen molar-refractivity contribution in [3.63, 3.8) is 0 Å². The Labute approximate surface area is 160 Å². The Morgan fingerprint density at radius 2 is 1.89 bits per heavy atom. The van der Waals surface area contributed by atoms with Crippen molar-refractivity contribution in [2.45, 2.75) is 0 Å². The number of nitrogens with zero attached hydrogens (tertiary/aromatic N) is 2. The zero-order chi connectivity index (χ0) is 19.2. The number of anilines is 1. The maximum absolute atomic E-state index is 13.0. The van der Waals surface area contributed by atoms with Gasteiger partial charge in [-0.15, -0.1) is 11.3 Å². The van der Waals surface area contributed by atoms with Gasteiger partial charge in [-0.25, -0.2) is 9.37 Å². The van der Waals surface area contributed by atoms with E-state index in [1.807, 2.05) is 23.6 Å². The molecule has 0 radical (unpaired) electrons. The fourth-order valence-electron chi connectivity index (χ4n) is 2.37. The van der Waals surface area contributed by atoms with Crippen molar-refractivity contribution in [3.8, 4) is 28.8 Å². The Kier molecular flexibility index (Phi) is 5.69. The number of ether oxygens (including phenoxy) is 2. The van der Waals surface area contributed by atoms with Gasteiger partial charge in [0.2, 0.25) is 0 Å². The summed E-state index contributed by atoms with van der Waals surface area (Å²) in [5.41, 5.74) is 2.66. The minimum absolute atomic E-state index is 0.315. The fourth-order valence-corrected chi connectivity index (χ4v) is 3.16. The van der Waals surface area contributed by atoms with Crippen LogP contribution < -0.4 is 14.8 Å². The van der Waals surface area contributed by atoms with Crippen molar-refractivity contribution in [1.29, 1.82) is 5.26 Å². The number of nitriles is 1. The summed E-state index contributed by atoms with van der Waals surface area (Å²) in [6.07, 6.45) is 1.56. The minimum Gasteiger partial charge on any atom is -0.493 e. The molecule has 0 amide bonds. The number of methoxy groups -OCH3 is 2. The molecular weight excluding hydrogens is 365 g/mol. The Morgan fingerprint density at radius 1 is 1.15 bits per heavy atom. The molecule has 1 N–H and O–H groups in total. The molecule has 136 valence electrons. The van der Waals surface area contributed by atoms with E-state index in [9.17, 15) is 9.65 Å². The van der Waals surface area contributed by atoms with Crippen LogP contribution in [0.4, 0.5) is 10.1 Å². The maximum Gasteiger partial charge on any atom is 0.161 e. The van der Waals surface area contributed by atoms with Gasteiger partial charge in [-0.3, -0.25) is 0 Å². The molecule has 0 spiro atoms. The van der Waals surface area contributed by atoms with E-state index in [1.165, 1.54) is 23.5 Å². The van der Waals surface area contributed by atoms with E-state index in [4.69, 9.17) is 9.47 Å². The van der Waals surface area contributed by atoms with Crippen molar-refractivity contribution in [3.05, 3.63) is 64.9 Å². The monoisotopic (exact) mass is 381 g/mol. The average molecular weight is 381 g/mol. The van der Waals surface area contributed by atoms with E-state index in [1.54, 1.807) is 32.6 Å². The van der Waals surface area contributed by atoms with Crippen molar-refractivity contribution >= 4 is 22.6 Å². The second-order valence-electron chi connectivity index (χ2n) is 5.43. The summed E-state index contributed by atoms with van der Waals surface area (Å²) in [4.78, 5) is 4.54. The predicted molar refractivity (Wildman–Crippen MR) is 104 cm³/mol. The van der Waals surface area contributed by atoms with Gasteiger partial charge in [-0.1, -0.05) is 0 Å². The van der Waals surface area contributed by atoms with Gasteiger partial charge in [0.05, 0.1) is 19.9 Å². The van der Waals surface area contributed by atoms with E-state index in [-0.39, 0.29) is 5.82 Å². The molecule has 0 aliphatic rings. The van der Waals surface area contributed by atoms with Gasteiger partial charge in [-0.05, 0) is 42.5 Å². The first kappa shape index (κ1) is 18.4. The number of nitrogens with one attached hydrogen (secondary N) is 1. The quantitative estimate of drug-likeness (QED) is 0.613. The Balaban J connectivity index is 1.84. The largest absolute Gasteiger partial charge is 0.493 e. The van der Waals surface area contributed by atoms with Gasteiger partial charge >= 0.3 is 0 Å². The Bertz CT molecular complexity index is 1010. The number of hydrogen-bond donors (Lipinski definition) is 1. The first-order valence-electron chi connectivity index (χ1n) is 7.95. The van der Waals surface area contributed by atoms with Crippen molar-refractivity contribution < 1.29 is 13.9 Å². The average Bonchev–Trinajstić information content (AvgIpc) is 3.19. The van der Waals surface area contributed by atoms with E-state index in [2.05, 4.69) is 16.4 Å². The van der Waals surface area contributed by atoms with E-state index >= 15 is 0 Å². The first-order valence-corrected chi connectivity index (χ1v) is 8.83. The second-order valence-corrected chi connectivity index (χ2v) is 6.29. The van der Waals surface area contributed by atoms with Crippen LogP contribution in [0, 0.1) is 17.1 Å². The zero-order valence-electron chi connectivity index (χ0n) is 14.7. The predicted octanol–water partition coefficient (Wildman–Crippen LogP) is 4.94. The van der Waals surface area contributed by atoms with Crippen LogP contribution >= 0.6 is 11.3 Å². The molecule has 5 nitrogen and oxygen atoms in total. The number of halogens is 1. The zero-order valence-corrected chi connectivity index (χ0v) is 15.5. The third-order valence-corrected chi connectivity index (χ3v) is 4.64. The molecule has 27 heavy (non-hydrogen) atoms. The SMILES string of the molecule is COc1ccc(-c2csc(/C(C#N)=C/Nc3ccc(F)cc3)n2)cc1OC. The Hall–Kier alpha value is -3.37. The smallest absolute Gasteiger partial charge is 0.161 e. The van der Waals surface area contributed by atoms with Gasteiger partial charge in [0.1, 0.15) is 22.5 Å². The van der Waals surface area contributed by atoms with Crippen LogP contribution in [0.15, 0.2) is 54.0 Å². The van der Waals surface area contributed by atoms with Gasteiger partial charge < -0.3 is 14.8 Å². The molecule has 2 aromatic carbocycles. The lowest BCUT2D eigenvalue weighted by atomic mass is 10.1. The number of aromatic nitrogens is 1. The van der Waals surface area contributed by atoms with Gasteiger partial charge in [0, 0.05) is 22.8 Å². The summed E-state index contributed by atoms with van der Waals surface area (Å²) < 4.78 is 23.5. The Morgan fingerprint density at radius 3 is 2.56 bits per heavy atom. The summed E-state index contributed by atoms with van der Waals surface area (Å²) in [6, 6.07) is 13.5. The highest BCUT2D eigenvalue weighted by Crippen LogP contribution is 2.33. The highest BCUT2D eigenvalue weighted by atomic mass is 32.1. The van der Waals surface area contributed by atoms with E-state index in [0.717, 1.165) is 11.3 Å². The lowest BCUT2D eigenvalue weighted by Crippen LogP contribution is -1.92. The van der Waals surface area contributed by atoms with Crippen LogP contribution in [0.5, 0.6) is 11.5 Å². The number of hydrogen-bond acceptors (Lipinski definition) is 6. The summed E-state index contributed by atoms with van der Waals surface area (Å²) in [5, 5.41) is 14.9. The standard InChI is InChI=1S/C20H16FN3O2S/c1-25-18-8-3-13(9-19(18)26-2)17-12-27-20(24-17)14(10-22)11-23-16-6-4-15(21)5-7-16/h3-9,11-12,23H,1-2H3/b14-11+. The number of rotatable bonds is 6. The molecule has 0 aliphatic carbocycles. The molecule has 3 aromatic rings. The lowest BCUT2D eigenvalue weighted by Gasteiger charge is -2.08. The summed E-state index contributed by atoms with van der Waals surface area (Å²) >= 11 is 1.36. The van der Waals surface area contributed by atoms with Crippen LogP contribution in [0.25, 0.3) is 16.8 Å². The molecule has 1 heterocycles. The third kappa shape index (κ3) is 4.25. The number of allylic oxidation sites excluding steroid dienone is 1. The van der Waals surface area contributed by atoms with Crippen LogP contribution in [0.3, 0.4) is 0 Å². The summed E-state index contributed by atoms with van der Waals surface area (Å²) in [5.74, 6) is 0.931. The summed E-state index contributed by atoms with van der Waals surface area (Å²) in [7, 11) is 3.16. The minimum atomic E-state index is -0.315. The van der Waals surface area contributed by atoms with Crippen LogP contribution in [-0.4, -0.2) is 19.2 Å². The normalized spacial score (nSPS) is 11.0. The highest BCUT2D eigenvalue weighted by molar-refractivity contribution is 7.11. The molecule has 1 aromatic heterocycles. The molecular formula is C20H16FN3O2S. The highest BCUT2D eigenvalue weighted by Gasteiger charge is 2.11. The molecule has 7 heteroatoms. The lowest BCUT2D eigenvalue weighted by molar-refractivity contribution is 0.355. The van der Waals surface area contributed by atoms with Gasteiger partial charge in [0.25, 0.3) is 0 Å². The van der Waals surface area contributed by atoms with E-state index < -0.39 is 0 Å². The first-order chi connectivity index (χ1) is 13.1. The summed E-state index contributed by atoms with van der Waals surface area (Å²) in [6.45, 7) is 0. The van der Waals surface area contributed by atoms with Crippen molar-refractivity contribution in [1.82, 2.24) is 4.98 Å². The van der Waals surface area contributed by atoms with Crippen LogP contribution in [0.2, 0.25) is 0 Å². The maximum atomic E-state index is 13.0. The number of thiazole rings is 1. The van der Waals surface area contributed by atoms with Crippen molar-refractivity contribution in [2.24, 2.45) is 0 Å². The fraction of sp³-hybridized carbons (Fsp3) is 0.100. The molecule has 0 fully saturated rings. The second kappa shape index (κ2) is 8.34. The molecule has 0 saturated carbocycles. The molecule has 0 unspecified atom stereocenters. The van der Waals surface area contributed by atoms with Crippen LogP contribution in [0.1, 0.15) is 5.01 Å². The third-order valence-electron chi connectivity index (χ3n) is 3.76. The molecule has 0 saturated heterocycles.